The zero-order valence-electron chi connectivity index (χ0n) is 18.6. The van der Waals surface area contributed by atoms with Gasteiger partial charge in [0, 0.05) is 24.0 Å². The molecule has 1 N–H and O–H groups in total. The van der Waals surface area contributed by atoms with Crippen molar-refractivity contribution in [2.24, 2.45) is 0 Å². The Labute approximate surface area is 204 Å². The van der Waals surface area contributed by atoms with E-state index in [2.05, 4.69) is 52.7 Å². The summed E-state index contributed by atoms with van der Waals surface area (Å²) in [4.78, 5) is 6.59. The maximum absolute atomic E-state index is 12.6. The minimum absolute atomic E-state index is 0.0186. The van der Waals surface area contributed by atoms with Gasteiger partial charge in [-0.25, -0.2) is 13.4 Å². The molecule has 1 saturated heterocycles. The highest BCUT2D eigenvalue weighted by atomic mass is 35.5. The SMILES string of the molecule is CC[C@@H]1C[C@@H](Oc2ccc(S(=O)(=O)Nc3cscn3)cc2Cl)C[C@H](C)N1Cc1ccccc1. The van der Waals surface area contributed by atoms with Crippen molar-refractivity contribution in [2.75, 3.05) is 4.72 Å². The molecule has 0 aliphatic carbocycles. The van der Waals surface area contributed by atoms with Crippen LogP contribution in [-0.4, -0.2) is 36.5 Å². The Hall–Kier alpha value is -2.13. The van der Waals surface area contributed by atoms with Crippen LogP contribution >= 0.6 is 22.9 Å². The summed E-state index contributed by atoms with van der Waals surface area (Å²) in [5.74, 6) is 0.797. The van der Waals surface area contributed by atoms with Gasteiger partial charge in [-0.05, 0) is 49.9 Å². The van der Waals surface area contributed by atoms with E-state index in [1.54, 1.807) is 17.0 Å². The van der Waals surface area contributed by atoms with Crippen LogP contribution in [0.1, 0.15) is 38.7 Å². The summed E-state index contributed by atoms with van der Waals surface area (Å²) in [7, 11) is -3.77. The maximum atomic E-state index is 12.6. The molecule has 0 unspecified atom stereocenters. The van der Waals surface area contributed by atoms with Gasteiger partial charge in [-0.3, -0.25) is 9.62 Å². The van der Waals surface area contributed by atoms with Crippen molar-refractivity contribution >= 4 is 38.8 Å². The second-order valence-corrected chi connectivity index (χ2v) is 11.2. The molecule has 33 heavy (non-hydrogen) atoms. The number of ether oxygens (including phenoxy) is 1. The van der Waals surface area contributed by atoms with Gasteiger partial charge in [0.2, 0.25) is 0 Å². The third-order valence-corrected chi connectivity index (χ3v) is 8.27. The van der Waals surface area contributed by atoms with Crippen LogP contribution in [0.2, 0.25) is 5.02 Å². The summed E-state index contributed by atoms with van der Waals surface area (Å²) in [6.45, 7) is 5.37. The van der Waals surface area contributed by atoms with E-state index < -0.39 is 10.0 Å². The number of thiazole rings is 1. The fraction of sp³-hybridized carbons (Fsp3) is 0.375. The molecule has 2 aromatic carbocycles. The first-order valence-electron chi connectivity index (χ1n) is 11.0. The second kappa shape index (κ2) is 10.4. The highest BCUT2D eigenvalue weighted by molar-refractivity contribution is 7.92. The first kappa shape index (κ1) is 24.0. The number of nitrogens with one attached hydrogen (secondary N) is 1. The van der Waals surface area contributed by atoms with Crippen LogP contribution in [0.25, 0.3) is 0 Å². The molecule has 3 aromatic rings. The number of likely N-dealkylation sites (tertiary alicyclic amines) is 1. The molecule has 0 spiro atoms. The molecule has 2 heterocycles. The minimum Gasteiger partial charge on any atom is -0.489 e. The van der Waals surface area contributed by atoms with Crippen molar-refractivity contribution in [3.63, 3.8) is 0 Å². The number of hydrogen-bond acceptors (Lipinski definition) is 6. The van der Waals surface area contributed by atoms with Gasteiger partial charge in [-0.1, -0.05) is 48.9 Å². The largest absolute Gasteiger partial charge is 0.489 e. The van der Waals surface area contributed by atoms with Crippen molar-refractivity contribution in [3.05, 3.63) is 70.0 Å². The Morgan fingerprint density at radius 2 is 2.00 bits per heavy atom. The van der Waals surface area contributed by atoms with E-state index in [-0.39, 0.29) is 16.0 Å². The van der Waals surface area contributed by atoms with E-state index in [0.29, 0.717) is 23.7 Å². The van der Waals surface area contributed by atoms with E-state index in [9.17, 15) is 8.42 Å². The fourth-order valence-electron chi connectivity index (χ4n) is 4.37. The van der Waals surface area contributed by atoms with Crippen LogP contribution in [0.3, 0.4) is 0 Å². The maximum Gasteiger partial charge on any atom is 0.263 e. The molecule has 6 nitrogen and oxygen atoms in total. The molecule has 0 bridgehead atoms. The molecule has 0 saturated carbocycles. The summed E-state index contributed by atoms with van der Waals surface area (Å²) in [5.41, 5.74) is 2.88. The van der Waals surface area contributed by atoms with Gasteiger partial charge in [0.05, 0.1) is 15.4 Å². The van der Waals surface area contributed by atoms with E-state index in [1.165, 1.54) is 29.0 Å². The summed E-state index contributed by atoms with van der Waals surface area (Å²) in [6, 6.07) is 15.9. The molecule has 176 valence electrons. The Balaban J connectivity index is 1.43. The van der Waals surface area contributed by atoms with Gasteiger partial charge in [0.1, 0.15) is 11.9 Å². The lowest BCUT2D eigenvalue weighted by molar-refractivity contribution is 0.0118. The van der Waals surface area contributed by atoms with Gasteiger partial charge in [-0.15, -0.1) is 11.3 Å². The van der Waals surface area contributed by atoms with Crippen LogP contribution < -0.4 is 9.46 Å². The lowest BCUT2D eigenvalue weighted by Crippen LogP contribution is -2.50. The van der Waals surface area contributed by atoms with Crippen LogP contribution in [0, 0.1) is 0 Å². The quantitative estimate of drug-likeness (QED) is 0.418. The van der Waals surface area contributed by atoms with Gasteiger partial charge in [0.25, 0.3) is 10.0 Å². The highest BCUT2D eigenvalue weighted by Gasteiger charge is 2.33. The first-order valence-corrected chi connectivity index (χ1v) is 13.8. The summed E-state index contributed by atoms with van der Waals surface area (Å²) < 4.78 is 34.0. The molecular formula is C24H28ClN3O3S2. The number of aromatic nitrogens is 1. The molecular weight excluding hydrogens is 478 g/mol. The number of nitrogens with zero attached hydrogens (tertiary/aromatic N) is 2. The summed E-state index contributed by atoms with van der Waals surface area (Å²) in [5, 5.41) is 1.91. The smallest absolute Gasteiger partial charge is 0.263 e. The molecule has 1 aromatic heterocycles. The average molecular weight is 506 g/mol. The number of benzene rings is 2. The van der Waals surface area contributed by atoms with Gasteiger partial charge in [-0.2, -0.15) is 0 Å². The monoisotopic (exact) mass is 505 g/mol. The van der Waals surface area contributed by atoms with Crippen molar-refractivity contribution in [2.45, 2.75) is 62.7 Å². The van der Waals surface area contributed by atoms with Gasteiger partial charge in [0.15, 0.2) is 5.82 Å². The molecule has 1 aliphatic rings. The van der Waals surface area contributed by atoms with E-state index in [1.807, 2.05) is 6.07 Å². The molecule has 3 atom stereocenters. The van der Waals surface area contributed by atoms with E-state index in [4.69, 9.17) is 16.3 Å². The molecule has 0 amide bonds. The summed E-state index contributed by atoms with van der Waals surface area (Å²) >= 11 is 7.75. The summed E-state index contributed by atoms with van der Waals surface area (Å²) in [6.07, 6.45) is 2.83. The number of sulfonamides is 1. The Bertz CT molecular complexity index is 1160. The standard InChI is InChI=1S/C24H28ClN3O3S2/c1-3-19-12-20(11-17(2)28(19)14-18-7-5-4-6-8-18)31-23-10-9-21(13-22(23)25)33(29,30)27-24-15-32-16-26-24/h4-10,13,15-17,19-20,27H,3,11-12,14H2,1-2H3/t17-,19+,20-/m0/s1. The minimum atomic E-state index is -3.77. The topological polar surface area (TPSA) is 71.5 Å². The number of rotatable bonds is 8. The molecule has 1 aliphatic heterocycles. The van der Waals surface area contributed by atoms with Crippen LogP contribution in [0.15, 0.2) is 64.3 Å². The number of anilines is 1. The molecule has 0 radical (unpaired) electrons. The normalized spacial score (nSPS) is 21.6. The van der Waals surface area contributed by atoms with E-state index in [0.717, 1.165) is 25.8 Å². The lowest BCUT2D eigenvalue weighted by Gasteiger charge is -2.44. The van der Waals surface area contributed by atoms with Gasteiger partial charge >= 0.3 is 0 Å². The first-order chi connectivity index (χ1) is 15.9. The Morgan fingerprint density at radius 3 is 2.67 bits per heavy atom. The predicted octanol–water partition coefficient (Wildman–Crippen LogP) is 5.81. The Morgan fingerprint density at radius 1 is 1.21 bits per heavy atom. The zero-order valence-corrected chi connectivity index (χ0v) is 21.0. The lowest BCUT2D eigenvalue weighted by atomic mass is 9.91. The third-order valence-electron chi connectivity index (χ3n) is 6.03. The van der Waals surface area contributed by atoms with Gasteiger partial charge < -0.3 is 4.74 Å². The number of halogens is 1. The highest BCUT2D eigenvalue weighted by Crippen LogP contribution is 2.34. The van der Waals surface area contributed by atoms with E-state index >= 15 is 0 Å². The molecule has 9 heteroatoms. The van der Waals surface area contributed by atoms with Crippen molar-refractivity contribution in [3.8, 4) is 5.75 Å². The van der Waals surface area contributed by atoms with Crippen molar-refractivity contribution < 1.29 is 13.2 Å². The molecule has 1 fully saturated rings. The van der Waals surface area contributed by atoms with Crippen LogP contribution in [-0.2, 0) is 16.6 Å². The van der Waals surface area contributed by atoms with Crippen LogP contribution in [0.5, 0.6) is 5.75 Å². The zero-order chi connectivity index (χ0) is 23.4. The number of hydrogen-bond donors (Lipinski definition) is 1. The van der Waals surface area contributed by atoms with Crippen molar-refractivity contribution in [1.82, 2.24) is 9.88 Å². The Kier molecular flexibility index (Phi) is 7.58. The third kappa shape index (κ3) is 5.87. The fourth-order valence-corrected chi connectivity index (χ4v) is 6.24. The van der Waals surface area contributed by atoms with Crippen molar-refractivity contribution in [1.29, 1.82) is 0 Å². The predicted molar refractivity (Wildman–Crippen MR) is 134 cm³/mol. The second-order valence-electron chi connectivity index (χ2n) is 8.35. The molecule has 4 rings (SSSR count). The average Bonchev–Trinajstić information content (AvgIpc) is 3.29. The number of piperidine rings is 1. The van der Waals surface area contributed by atoms with Crippen LogP contribution in [0.4, 0.5) is 5.82 Å².